The molecule has 1 fully saturated rings. The van der Waals surface area contributed by atoms with Crippen molar-refractivity contribution in [2.24, 2.45) is 5.92 Å². The molecule has 2 aromatic carbocycles. The third kappa shape index (κ3) is 4.60. The maximum atomic E-state index is 12.7. The molecule has 2 unspecified atom stereocenters. The molecule has 3 N–H and O–H groups in total. The molecule has 1 heterocycles. The Kier molecular flexibility index (Phi) is 6.07. The van der Waals surface area contributed by atoms with Gasteiger partial charge < -0.3 is 10.1 Å². The molecule has 1 aliphatic heterocycles. The van der Waals surface area contributed by atoms with Crippen molar-refractivity contribution in [1.82, 2.24) is 16.2 Å². The minimum absolute atomic E-state index is 0.0317. The number of carbonyl (C=O) groups excluding carboxylic acids is 1. The summed E-state index contributed by atoms with van der Waals surface area (Å²) in [6, 6.07) is 15.8. The van der Waals surface area contributed by atoms with Gasteiger partial charge in [0.1, 0.15) is 5.75 Å². The predicted molar refractivity (Wildman–Crippen MR) is 101 cm³/mol. The zero-order valence-corrected chi connectivity index (χ0v) is 15.7. The highest BCUT2D eigenvalue weighted by Crippen LogP contribution is 2.27. The molecule has 0 aliphatic carbocycles. The molecule has 25 heavy (non-hydrogen) atoms. The molecule has 5 nitrogen and oxygen atoms in total. The Balaban J connectivity index is 1.63. The van der Waals surface area contributed by atoms with Gasteiger partial charge in [-0.25, -0.2) is 5.43 Å². The normalized spacial score (nSPS) is 19.6. The molecular formula is C19H22BrN3O2. The first-order valence-electron chi connectivity index (χ1n) is 8.40. The highest BCUT2D eigenvalue weighted by atomic mass is 79.9. The van der Waals surface area contributed by atoms with Crippen LogP contribution in [0, 0.1) is 5.92 Å². The van der Waals surface area contributed by atoms with E-state index in [0.29, 0.717) is 19.7 Å². The standard InChI is InChI=1S/C19H22BrN3O2/c1-2-25-16-8-3-5-13(9-16)11-21-19(24)17-12-22-23-18(17)14-6-4-7-15(20)10-14/h3-10,17-18,22-23H,2,11-12H2,1H3,(H,21,24). The molecule has 2 atom stereocenters. The number of carbonyl (C=O) groups is 1. The van der Waals surface area contributed by atoms with E-state index >= 15 is 0 Å². The number of hydrazine groups is 1. The van der Waals surface area contributed by atoms with Crippen LogP contribution in [0.2, 0.25) is 0 Å². The third-order valence-electron chi connectivity index (χ3n) is 4.20. The summed E-state index contributed by atoms with van der Waals surface area (Å²) in [5, 5.41) is 3.04. The van der Waals surface area contributed by atoms with Gasteiger partial charge in [-0.1, -0.05) is 40.2 Å². The topological polar surface area (TPSA) is 62.4 Å². The van der Waals surface area contributed by atoms with Gasteiger partial charge in [-0.2, -0.15) is 0 Å². The molecule has 1 amide bonds. The average molecular weight is 404 g/mol. The van der Waals surface area contributed by atoms with E-state index in [2.05, 4.69) is 32.1 Å². The van der Waals surface area contributed by atoms with E-state index in [0.717, 1.165) is 21.3 Å². The van der Waals surface area contributed by atoms with Crippen LogP contribution in [0.25, 0.3) is 0 Å². The summed E-state index contributed by atoms with van der Waals surface area (Å²) < 4.78 is 6.51. The molecule has 0 saturated carbocycles. The Morgan fingerprint density at radius 1 is 1.28 bits per heavy atom. The van der Waals surface area contributed by atoms with E-state index in [1.54, 1.807) is 0 Å². The highest BCUT2D eigenvalue weighted by molar-refractivity contribution is 9.10. The largest absolute Gasteiger partial charge is 0.494 e. The van der Waals surface area contributed by atoms with E-state index < -0.39 is 0 Å². The minimum Gasteiger partial charge on any atom is -0.494 e. The zero-order chi connectivity index (χ0) is 17.6. The van der Waals surface area contributed by atoms with Crippen molar-refractivity contribution in [3.8, 4) is 5.75 Å². The maximum absolute atomic E-state index is 12.7. The van der Waals surface area contributed by atoms with Crippen molar-refractivity contribution in [2.45, 2.75) is 19.5 Å². The second kappa shape index (κ2) is 8.47. The van der Waals surface area contributed by atoms with Crippen molar-refractivity contribution in [1.29, 1.82) is 0 Å². The van der Waals surface area contributed by atoms with Crippen LogP contribution in [-0.2, 0) is 11.3 Å². The van der Waals surface area contributed by atoms with Gasteiger partial charge in [0.2, 0.25) is 5.91 Å². The van der Waals surface area contributed by atoms with Gasteiger partial charge in [0.05, 0.1) is 18.6 Å². The Labute approximate surface area is 156 Å². The van der Waals surface area contributed by atoms with Gasteiger partial charge in [0, 0.05) is 17.6 Å². The summed E-state index contributed by atoms with van der Waals surface area (Å²) >= 11 is 3.49. The van der Waals surface area contributed by atoms with Gasteiger partial charge in [-0.05, 0) is 42.3 Å². The molecule has 0 aromatic heterocycles. The number of hydrogen-bond acceptors (Lipinski definition) is 4. The van der Waals surface area contributed by atoms with Crippen molar-refractivity contribution >= 4 is 21.8 Å². The number of amides is 1. The van der Waals surface area contributed by atoms with Crippen LogP contribution in [0.5, 0.6) is 5.75 Å². The van der Waals surface area contributed by atoms with Crippen molar-refractivity contribution < 1.29 is 9.53 Å². The van der Waals surface area contributed by atoms with Crippen molar-refractivity contribution in [3.05, 3.63) is 64.1 Å². The van der Waals surface area contributed by atoms with Crippen LogP contribution < -0.4 is 20.9 Å². The van der Waals surface area contributed by atoms with Crippen LogP contribution in [0.1, 0.15) is 24.1 Å². The van der Waals surface area contributed by atoms with E-state index in [4.69, 9.17) is 4.74 Å². The molecule has 132 valence electrons. The molecule has 1 saturated heterocycles. The fourth-order valence-electron chi connectivity index (χ4n) is 2.99. The number of nitrogens with one attached hydrogen (secondary N) is 3. The lowest BCUT2D eigenvalue weighted by molar-refractivity contribution is -0.125. The predicted octanol–water partition coefficient (Wildman–Crippen LogP) is 2.93. The zero-order valence-electron chi connectivity index (χ0n) is 14.1. The van der Waals surface area contributed by atoms with Crippen LogP contribution in [0.4, 0.5) is 0 Å². The van der Waals surface area contributed by atoms with E-state index in [1.807, 2.05) is 55.5 Å². The Morgan fingerprint density at radius 3 is 2.92 bits per heavy atom. The Bertz CT molecular complexity index is 738. The fraction of sp³-hybridized carbons (Fsp3) is 0.316. The second-order valence-corrected chi connectivity index (χ2v) is 6.88. The Hall–Kier alpha value is -1.89. The third-order valence-corrected chi connectivity index (χ3v) is 4.70. The number of ether oxygens (including phenoxy) is 1. The van der Waals surface area contributed by atoms with Gasteiger partial charge in [0.25, 0.3) is 0 Å². The highest BCUT2D eigenvalue weighted by Gasteiger charge is 2.33. The SMILES string of the molecule is CCOc1cccc(CNC(=O)C2CNNC2c2cccc(Br)c2)c1. The van der Waals surface area contributed by atoms with Crippen LogP contribution >= 0.6 is 15.9 Å². The van der Waals surface area contributed by atoms with Crippen molar-refractivity contribution in [2.75, 3.05) is 13.2 Å². The summed E-state index contributed by atoms with van der Waals surface area (Å²) in [5.74, 6) is 0.694. The minimum atomic E-state index is -0.163. The van der Waals surface area contributed by atoms with Crippen LogP contribution in [0.3, 0.4) is 0 Å². The number of halogens is 1. The van der Waals surface area contributed by atoms with Gasteiger partial charge in [-0.3, -0.25) is 10.2 Å². The summed E-state index contributed by atoms with van der Waals surface area (Å²) in [4.78, 5) is 12.7. The quantitative estimate of drug-likeness (QED) is 0.693. The van der Waals surface area contributed by atoms with E-state index in [9.17, 15) is 4.79 Å². The molecule has 0 radical (unpaired) electrons. The van der Waals surface area contributed by atoms with Crippen LogP contribution in [-0.4, -0.2) is 19.1 Å². The maximum Gasteiger partial charge on any atom is 0.226 e. The monoisotopic (exact) mass is 403 g/mol. The summed E-state index contributed by atoms with van der Waals surface area (Å²) in [7, 11) is 0. The van der Waals surface area contributed by atoms with Crippen molar-refractivity contribution in [3.63, 3.8) is 0 Å². The summed E-state index contributed by atoms with van der Waals surface area (Å²) in [5.41, 5.74) is 8.41. The molecule has 2 aromatic rings. The number of hydrogen-bond donors (Lipinski definition) is 3. The smallest absolute Gasteiger partial charge is 0.226 e. The lowest BCUT2D eigenvalue weighted by atomic mass is 9.94. The number of rotatable bonds is 6. The van der Waals surface area contributed by atoms with E-state index in [1.165, 1.54) is 0 Å². The average Bonchev–Trinajstić information content (AvgIpc) is 3.10. The molecule has 0 bridgehead atoms. The van der Waals surface area contributed by atoms with E-state index in [-0.39, 0.29) is 17.9 Å². The molecule has 0 spiro atoms. The lowest BCUT2D eigenvalue weighted by Gasteiger charge is -2.19. The fourth-order valence-corrected chi connectivity index (χ4v) is 3.41. The number of benzene rings is 2. The molecule has 6 heteroatoms. The van der Waals surface area contributed by atoms with Crippen LogP contribution in [0.15, 0.2) is 53.0 Å². The summed E-state index contributed by atoms with van der Waals surface area (Å²) in [6.45, 7) is 3.67. The Morgan fingerprint density at radius 2 is 2.12 bits per heavy atom. The molecule has 1 aliphatic rings. The first-order chi connectivity index (χ1) is 12.2. The first-order valence-corrected chi connectivity index (χ1v) is 9.20. The van der Waals surface area contributed by atoms with Gasteiger partial charge in [-0.15, -0.1) is 0 Å². The lowest BCUT2D eigenvalue weighted by Crippen LogP contribution is -2.34. The molecule has 3 rings (SSSR count). The van der Waals surface area contributed by atoms with Gasteiger partial charge in [0.15, 0.2) is 0 Å². The van der Waals surface area contributed by atoms with Gasteiger partial charge >= 0.3 is 0 Å². The second-order valence-electron chi connectivity index (χ2n) is 5.96. The molecular weight excluding hydrogens is 382 g/mol. The first kappa shape index (κ1) is 17.9. The summed E-state index contributed by atoms with van der Waals surface area (Å²) in [6.07, 6.45) is 0.